The van der Waals surface area contributed by atoms with Gasteiger partial charge >= 0.3 is 0 Å². The van der Waals surface area contributed by atoms with E-state index in [-0.39, 0.29) is 30.7 Å². The molecule has 0 bridgehead atoms. The van der Waals surface area contributed by atoms with Crippen LogP contribution in [-0.4, -0.2) is 42.7 Å². The van der Waals surface area contributed by atoms with Crippen molar-refractivity contribution >= 4 is 34.9 Å². The van der Waals surface area contributed by atoms with Crippen molar-refractivity contribution in [3.8, 4) is 5.75 Å². The maximum absolute atomic E-state index is 12.1. The second kappa shape index (κ2) is 9.01. The van der Waals surface area contributed by atoms with Gasteiger partial charge < -0.3 is 15.0 Å². The van der Waals surface area contributed by atoms with Crippen LogP contribution in [0, 0.1) is 0 Å². The summed E-state index contributed by atoms with van der Waals surface area (Å²) in [5, 5.41) is 3.25. The highest BCUT2D eigenvalue weighted by atomic mass is 35.5. The summed E-state index contributed by atoms with van der Waals surface area (Å²) < 4.78 is 5.40. The molecule has 0 atom stereocenters. The molecule has 0 unspecified atom stereocenters. The third kappa shape index (κ3) is 5.89. The summed E-state index contributed by atoms with van der Waals surface area (Å²) in [6.07, 6.45) is 0. The summed E-state index contributed by atoms with van der Waals surface area (Å²) in [5.41, 5.74) is 1.10. The van der Waals surface area contributed by atoms with Crippen LogP contribution in [0.4, 0.5) is 5.69 Å². The SMILES string of the molecule is CC(=O)c1cccc(OCC(=O)N(C)CC(=O)Nc2ccc(Cl)cc2)c1. The number of rotatable bonds is 7. The van der Waals surface area contributed by atoms with Gasteiger partial charge in [-0.3, -0.25) is 14.4 Å². The smallest absolute Gasteiger partial charge is 0.260 e. The third-order valence-electron chi connectivity index (χ3n) is 3.54. The zero-order valence-corrected chi connectivity index (χ0v) is 15.2. The number of amides is 2. The maximum atomic E-state index is 12.1. The molecule has 2 rings (SSSR count). The Hall–Kier alpha value is -2.86. The number of nitrogens with zero attached hydrogens (tertiary/aromatic N) is 1. The molecule has 0 aliphatic rings. The molecular weight excluding hydrogens is 356 g/mol. The molecule has 0 aromatic heterocycles. The number of benzene rings is 2. The topological polar surface area (TPSA) is 75.7 Å². The van der Waals surface area contributed by atoms with Crippen molar-refractivity contribution in [1.29, 1.82) is 0 Å². The molecule has 26 heavy (non-hydrogen) atoms. The predicted octanol–water partition coefficient (Wildman–Crippen LogP) is 3.02. The lowest BCUT2D eigenvalue weighted by molar-refractivity contribution is -0.135. The van der Waals surface area contributed by atoms with Crippen LogP contribution in [0.5, 0.6) is 5.75 Å². The molecule has 0 saturated carbocycles. The Balaban J connectivity index is 1.83. The minimum atomic E-state index is -0.357. The van der Waals surface area contributed by atoms with Gasteiger partial charge in [-0.05, 0) is 43.3 Å². The number of hydrogen-bond donors (Lipinski definition) is 1. The van der Waals surface area contributed by atoms with Gasteiger partial charge in [0.2, 0.25) is 5.91 Å². The first kappa shape index (κ1) is 19.5. The number of nitrogens with one attached hydrogen (secondary N) is 1. The van der Waals surface area contributed by atoms with Gasteiger partial charge in [0.05, 0.1) is 6.54 Å². The molecule has 2 aromatic rings. The molecular formula is C19H19ClN2O4. The summed E-state index contributed by atoms with van der Waals surface area (Å²) in [6.45, 7) is 1.11. The quantitative estimate of drug-likeness (QED) is 0.756. The average Bonchev–Trinajstić information content (AvgIpc) is 2.61. The Bertz CT molecular complexity index is 805. The van der Waals surface area contributed by atoms with Gasteiger partial charge in [0.25, 0.3) is 5.91 Å². The normalized spacial score (nSPS) is 10.1. The van der Waals surface area contributed by atoms with Crippen LogP contribution in [0.25, 0.3) is 0 Å². The molecule has 2 amide bonds. The fourth-order valence-corrected chi connectivity index (χ4v) is 2.22. The highest BCUT2D eigenvalue weighted by Crippen LogP contribution is 2.14. The molecule has 0 aliphatic carbocycles. The van der Waals surface area contributed by atoms with E-state index in [0.717, 1.165) is 0 Å². The molecule has 0 saturated heterocycles. The van der Waals surface area contributed by atoms with Crippen molar-refractivity contribution in [1.82, 2.24) is 4.90 Å². The van der Waals surface area contributed by atoms with Crippen molar-refractivity contribution in [2.24, 2.45) is 0 Å². The highest BCUT2D eigenvalue weighted by Gasteiger charge is 2.14. The average molecular weight is 375 g/mol. The summed E-state index contributed by atoms with van der Waals surface area (Å²) in [5.74, 6) is -0.353. The number of carbonyl (C=O) groups excluding carboxylic acids is 3. The number of Topliss-reactive ketones (excluding diaryl/α,β-unsaturated/α-hetero) is 1. The lowest BCUT2D eigenvalue weighted by atomic mass is 10.1. The van der Waals surface area contributed by atoms with Crippen molar-refractivity contribution in [3.63, 3.8) is 0 Å². The zero-order chi connectivity index (χ0) is 19.1. The monoisotopic (exact) mass is 374 g/mol. The van der Waals surface area contributed by atoms with Gasteiger partial charge in [-0.2, -0.15) is 0 Å². The second-order valence-corrected chi connectivity index (χ2v) is 6.11. The lowest BCUT2D eigenvalue weighted by Gasteiger charge is -2.17. The van der Waals surface area contributed by atoms with Crippen molar-refractivity contribution in [2.45, 2.75) is 6.92 Å². The molecule has 1 N–H and O–H groups in total. The first-order valence-electron chi connectivity index (χ1n) is 7.88. The Labute approximate surface area is 156 Å². The maximum Gasteiger partial charge on any atom is 0.260 e. The lowest BCUT2D eigenvalue weighted by Crippen LogP contribution is -2.37. The molecule has 2 aromatic carbocycles. The van der Waals surface area contributed by atoms with Gasteiger partial charge in [-0.25, -0.2) is 0 Å². The van der Waals surface area contributed by atoms with Crippen LogP contribution in [0.3, 0.4) is 0 Å². The van der Waals surface area contributed by atoms with E-state index in [1.54, 1.807) is 48.5 Å². The minimum absolute atomic E-state index is 0.0854. The van der Waals surface area contributed by atoms with E-state index in [0.29, 0.717) is 22.0 Å². The molecule has 0 heterocycles. The van der Waals surface area contributed by atoms with E-state index >= 15 is 0 Å². The summed E-state index contributed by atoms with van der Waals surface area (Å²) in [6, 6.07) is 13.3. The zero-order valence-electron chi connectivity index (χ0n) is 14.5. The van der Waals surface area contributed by atoms with Gasteiger partial charge in [0.1, 0.15) is 5.75 Å². The molecule has 0 radical (unpaired) electrons. The second-order valence-electron chi connectivity index (χ2n) is 5.68. The van der Waals surface area contributed by atoms with Gasteiger partial charge in [-0.15, -0.1) is 0 Å². The standard InChI is InChI=1S/C19H19ClN2O4/c1-13(23)14-4-3-5-17(10-14)26-12-19(25)22(2)11-18(24)21-16-8-6-15(20)7-9-16/h3-10H,11-12H2,1-2H3,(H,21,24). The van der Waals surface area contributed by atoms with Crippen molar-refractivity contribution in [3.05, 3.63) is 59.1 Å². The number of carbonyl (C=O) groups is 3. The Kier molecular flexibility index (Phi) is 6.74. The molecule has 0 fully saturated rings. The van der Waals surface area contributed by atoms with E-state index in [2.05, 4.69) is 5.32 Å². The fourth-order valence-electron chi connectivity index (χ4n) is 2.10. The van der Waals surface area contributed by atoms with E-state index in [9.17, 15) is 14.4 Å². The van der Waals surface area contributed by atoms with E-state index in [1.807, 2.05) is 0 Å². The summed E-state index contributed by atoms with van der Waals surface area (Å²) in [7, 11) is 1.51. The van der Waals surface area contributed by atoms with Gasteiger partial charge in [0.15, 0.2) is 12.4 Å². The highest BCUT2D eigenvalue weighted by molar-refractivity contribution is 6.30. The largest absolute Gasteiger partial charge is 0.484 e. The van der Waals surface area contributed by atoms with Crippen molar-refractivity contribution < 1.29 is 19.1 Å². The number of likely N-dealkylation sites (N-methyl/N-ethyl adjacent to an activating group) is 1. The van der Waals surface area contributed by atoms with Crippen LogP contribution < -0.4 is 10.1 Å². The summed E-state index contributed by atoms with van der Waals surface area (Å²) >= 11 is 5.79. The number of ketones is 1. The molecule has 0 spiro atoms. The molecule has 7 heteroatoms. The molecule has 136 valence electrons. The number of halogens is 1. The third-order valence-corrected chi connectivity index (χ3v) is 3.79. The van der Waals surface area contributed by atoms with E-state index in [4.69, 9.17) is 16.3 Å². The Morgan fingerprint density at radius 2 is 1.81 bits per heavy atom. The number of hydrogen-bond acceptors (Lipinski definition) is 4. The van der Waals surface area contributed by atoms with Gasteiger partial charge in [0, 0.05) is 23.3 Å². The molecule has 6 nitrogen and oxygen atoms in total. The van der Waals surface area contributed by atoms with Gasteiger partial charge in [-0.1, -0.05) is 23.7 Å². The minimum Gasteiger partial charge on any atom is -0.484 e. The number of anilines is 1. The Morgan fingerprint density at radius 3 is 2.46 bits per heavy atom. The molecule has 0 aliphatic heterocycles. The van der Waals surface area contributed by atoms with Crippen LogP contribution in [0.2, 0.25) is 5.02 Å². The van der Waals surface area contributed by atoms with Crippen LogP contribution >= 0.6 is 11.6 Å². The van der Waals surface area contributed by atoms with E-state index < -0.39 is 0 Å². The van der Waals surface area contributed by atoms with Crippen LogP contribution in [0.15, 0.2) is 48.5 Å². The first-order chi connectivity index (χ1) is 12.3. The Morgan fingerprint density at radius 1 is 1.12 bits per heavy atom. The van der Waals surface area contributed by atoms with Crippen molar-refractivity contribution in [2.75, 3.05) is 25.5 Å². The first-order valence-corrected chi connectivity index (χ1v) is 8.26. The number of ether oxygens (including phenoxy) is 1. The predicted molar refractivity (Wildman–Crippen MR) is 99.7 cm³/mol. The van der Waals surface area contributed by atoms with Crippen LogP contribution in [0.1, 0.15) is 17.3 Å². The van der Waals surface area contributed by atoms with E-state index in [1.165, 1.54) is 18.9 Å². The van der Waals surface area contributed by atoms with Crippen LogP contribution in [-0.2, 0) is 9.59 Å². The summed E-state index contributed by atoms with van der Waals surface area (Å²) in [4.78, 5) is 36.7. The fraction of sp³-hybridized carbons (Fsp3) is 0.211.